The van der Waals surface area contributed by atoms with Crippen LogP contribution in [0.1, 0.15) is 25.1 Å². The summed E-state index contributed by atoms with van der Waals surface area (Å²) >= 11 is 0. The van der Waals surface area contributed by atoms with Crippen LogP contribution in [-0.2, 0) is 18.3 Å². The first kappa shape index (κ1) is 17.2. The molecule has 1 saturated heterocycles. The van der Waals surface area contributed by atoms with Crippen LogP contribution >= 0.6 is 0 Å². The van der Waals surface area contributed by atoms with Gasteiger partial charge in [0.25, 0.3) is 0 Å². The standard InChI is InChI=1S/C16H31N5O/c1-12-10-21(11-13(2)22-12)8-7-17-9-15-14(3)18-20(6)16(15)19(4)5/h12-13,17H,7-11H2,1-6H3/t12-,13-/m0/s1. The highest BCUT2D eigenvalue weighted by Crippen LogP contribution is 2.20. The van der Waals surface area contributed by atoms with Crippen LogP contribution in [0.2, 0.25) is 0 Å². The fourth-order valence-electron chi connectivity index (χ4n) is 3.37. The minimum absolute atomic E-state index is 0.338. The Morgan fingerprint density at radius 1 is 1.27 bits per heavy atom. The highest BCUT2D eigenvalue weighted by atomic mass is 16.5. The van der Waals surface area contributed by atoms with E-state index < -0.39 is 0 Å². The Morgan fingerprint density at radius 3 is 2.50 bits per heavy atom. The van der Waals surface area contributed by atoms with Crippen LogP contribution in [0, 0.1) is 6.92 Å². The van der Waals surface area contributed by atoms with Crippen LogP contribution in [0.3, 0.4) is 0 Å². The molecule has 0 saturated carbocycles. The molecule has 22 heavy (non-hydrogen) atoms. The molecule has 0 radical (unpaired) electrons. The lowest BCUT2D eigenvalue weighted by Crippen LogP contribution is -2.47. The second-order valence-electron chi connectivity index (χ2n) is 6.60. The summed E-state index contributed by atoms with van der Waals surface area (Å²) in [6, 6.07) is 0. The molecule has 0 aliphatic carbocycles. The maximum atomic E-state index is 5.77. The minimum atomic E-state index is 0.338. The van der Waals surface area contributed by atoms with Crippen LogP contribution in [0.4, 0.5) is 5.82 Å². The number of ether oxygens (including phenoxy) is 1. The molecular formula is C16H31N5O. The van der Waals surface area contributed by atoms with E-state index >= 15 is 0 Å². The van der Waals surface area contributed by atoms with Gasteiger partial charge in [0.05, 0.1) is 17.9 Å². The summed E-state index contributed by atoms with van der Waals surface area (Å²) in [5.41, 5.74) is 2.39. The van der Waals surface area contributed by atoms with Crippen molar-refractivity contribution >= 4 is 5.82 Å². The second-order valence-corrected chi connectivity index (χ2v) is 6.60. The second kappa shape index (κ2) is 7.44. The number of morpholine rings is 1. The van der Waals surface area contributed by atoms with E-state index in [2.05, 4.69) is 55.1 Å². The Bertz CT molecular complexity index is 475. The minimum Gasteiger partial charge on any atom is -0.373 e. The van der Waals surface area contributed by atoms with Crippen molar-refractivity contribution in [1.29, 1.82) is 0 Å². The quantitative estimate of drug-likeness (QED) is 0.794. The number of aromatic nitrogens is 2. The molecule has 2 heterocycles. The first-order chi connectivity index (χ1) is 10.4. The van der Waals surface area contributed by atoms with Crippen molar-refractivity contribution in [2.45, 2.75) is 39.5 Å². The molecule has 1 aromatic heterocycles. The van der Waals surface area contributed by atoms with E-state index in [4.69, 9.17) is 4.74 Å². The molecule has 2 atom stereocenters. The van der Waals surface area contributed by atoms with Crippen LogP contribution in [-0.4, -0.2) is 67.2 Å². The molecule has 0 spiro atoms. The summed E-state index contributed by atoms with van der Waals surface area (Å²) < 4.78 is 7.73. The summed E-state index contributed by atoms with van der Waals surface area (Å²) in [7, 11) is 6.13. The van der Waals surface area contributed by atoms with Gasteiger partial charge in [-0.1, -0.05) is 0 Å². The molecule has 6 nitrogen and oxygen atoms in total. The van der Waals surface area contributed by atoms with E-state index in [0.717, 1.165) is 38.4 Å². The average molecular weight is 309 g/mol. The van der Waals surface area contributed by atoms with Crippen LogP contribution in [0.25, 0.3) is 0 Å². The van der Waals surface area contributed by atoms with Gasteiger partial charge in [0, 0.05) is 59.4 Å². The Hall–Kier alpha value is -1.11. The Morgan fingerprint density at radius 2 is 1.91 bits per heavy atom. The monoisotopic (exact) mass is 309 g/mol. The van der Waals surface area contributed by atoms with E-state index in [-0.39, 0.29) is 0 Å². The van der Waals surface area contributed by atoms with Crippen molar-refractivity contribution < 1.29 is 4.74 Å². The van der Waals surface area contributed by atoms with Gasteiger partial charge in [-0.3, -0.25) is 9.58 Å². The van der Waals surface area contributed by atoms with Gasteiger partial charge in [-0.2, -0.15) is 5.10 Å². The van der Waals surface area contributed by atoms with E-state index in [0.29, 0.717) is 12.2 Å². The molecule has 2 rings (SSSR count). The molecule has 1 aromatic rings. The Labute approximate surface area is 134 Å². The SMILES string of the molecule is Cc1nn(C)c(N(C)C)c1CNCCN1C[C@H](C)O[C@@H](C)C1. The summed E-state index contributed by atoms with van der Waals surface area (Å²) in [5.74, 6) is 1.18. The fourth-order valence-corrected chi connectivity index (χ4v) is 3.37. The van der Waals surface area contributed by atoms with Gasteiger partial charge in [0.1, 0.15) is 5.82 Å². The largest absolute Gasteiger partial charge is 0.373 e. The zero-order chi connectivity index (χ0) is 16.3. The number of nitrogens with one attached hydrogen (secondary N) is 1. The first-order valence-electron chi connectivity index (χ1n) is 8.16. The van der Waals surface area contributed by atoms with Gasteiger partial charge in [-0.15, -0.1) is 0 Å². The summed E-state index contributed by atoms with van der Waals surface area (Å²) in [6.45, 7) is 11.4. The number of hydrogen-bond acceptors (Lipinski definition) is 5. The molecule has 1 aliphatic heterocycles. The number of hydrogen-bond donors (Lipinski definition) is 1. The zero-order valence-electron chi connectivity index (χ0n) is 14.9. The van der Waals surface area contributed by atoms with E-state index in [1.807, 2.05) is 11.7 Å². The average Bonchev–Trinajstić information content (AvgIpc) is 2.68. The number of anilines is 1. The first-order valence-corrected chi connectivity index (χ1v) is 8.16. The smallest absolute Gasteiger partial charge is 0.130 e. The van der Waals surface area contributed by atoms with Crippen molar-refractivity contribution in [3.8, 4) is 0 Å². The molecule has 0 bridgehead atoms. The number of aryl methyl sites for hydroxylation is 2. The summed E-state index contributed by atoms with van der Waals surface area (Å²) in [5, 5.41) is 8.09. The van der Waals surface area contributed by atoms with Crippen molar-refractivity contribution in [3.63, 3.8) is 0 Å². The third kappa shape index (κ3) is 4.21. The van der Waals surface area contributed by atoms with Gasteiger partial charge in [-0.25, -0.2) is 0 Å². The molecule has 1 fully saturated rings. The summed E-state index contributed by atoms with van der Waals surface area (Å²) in [6.07, 6.45) is 0.675. The zero-order valence-corrected chi connectivity index (χ0v) is 14.9. The predicted octanol–water partition coefficient (Wildman–Crippen LogP) is 0.993. The lowest BCUT2D eigenvalue weighted by Gasteiger charge is -2.35. The van der Waals surface area contributed by atoms with Gasteiger partial charge >= 0.3 is 0 Å². The molecule has 0 amide bonds. The molecule has 0 aromatic carbocycles. The van der Waals surface area contributed by atoms with Crippen LogP contribution in [0.5, 0.6) is 0 Å². The van der Waals surface area contributed by atoms with Crippen molar-refractivity contribution in [2.24, 2.45) is 7.05 Å². The van der Waals surface area contributed by atoms with Crippen molar-refractivity contribution in [2.75, 3.05) is 45.2 Å². The lowest BCUT2D eigenvalue weighted by molar-refractivity contribution is -0.0674. The molecule has 0 unspecified atom stereocenters. The third-order valence-electron chi connectivity index (χ3n) is 4.14. The summed E-state index contributed by atoms with van der Waals surface area (Å²) in [4.78, 5) is 4.61. The highest BCUT2D eigenvalue weighted by molar-refractivity contribution is 5.48. The van der Waals surface area contributed by atoms with Crippen LogP contribution < -0.4 is 10.2 Å². The van der Waals surface area contributed by atoms with Crippen LogP contribution in [0.15, 0.2) is 0 Å². The predicted molar refractivity (Wildman–Crippen MR) is 90.4 cm³/mol. The molecule has 1 aliphatic rings. The van der Waals surface area contributed by atoms with E-state index in [9.17, 15) is 0 Å². The fraction of sp³-hybridized carbons (Fsp3) is 0.812. The topological polar surface area (TPSA) is 45.6 Å². The van der Waals surface area contributed by atoms with Gasteiger partial charge < -0.3 is 15.0 Å². The molecule has 1 N–H and O–H groups in total. The van der Waals surface area contributed by atoms with Gasteiger partial charge in [0.2, 0.25) is 0 Å². The lowest BCUT2D eigenvalue weighted by atomic mass is 10.2. The maximum absolute atomic E-state index is 5.77. The van der Waals surface area contributed by atoms with Crippen molar-refractivity contribution in [1.82, 2.24) is 20.0 Å². The highest BCUT2D eigenvalue weighted by Gasteiger charge is 2.21. The number of rotatable bonds is 6. The van der Waals surface area contributed by atoms with E-state index in [1.165, 1.54) is 11.4 Å². The molecular weight excluding hydrogens is 278 g/mol. The number of nitrogens with zero attached hydrogens (tertiary/aromatic N) is 4. The van der Waals surface area contributed by atoms with E-state index in [1.54, 1.807) is 0 Å². The Balaban J connectivity index is 1.82. The molecule has 126 valence electrons. The third-order valence-corrected chi connectivity index (χ3v) is 4.14. The normalized spacial score (nSPS) is 23.0. The maximum Gasteiger partial charge on any atom is 0.130 e. The van der Waals surface area contributed by atoms with Gasteiger partial charge in [-0.05, 0) is 20.8 Å². The van der Waals surface area contributed by atoms with Crippen molar-refractivity contribution in [3.05, 3.63) is 11.3 Å². The molecule has 6 heteroatoms. The Kier molecular flexibility index (Phi) is 5.83. The van der Waals surface area contributed by atoms with Gasteiger partial charge in [0.15, 0.2) is 0 Å².